The molecule has 0 saturated heterocycles. The Morgan fingerprint density at radius 3 is 3.00 bits per heavy atom. The summed E-state index contributed by atoms with van der Waals surface area (Å²) in [7, 11) is 1.58. The predicted molar refractivity (Wildman–Crippen MR) is 70.0 cm³/mol. The molecule has 0 spiro atoms. The summed E-state index contributed by atoms with van der Waals surface area (Å²) in [6.07, 6.45) is 1.33. The Labute approximate surface area is 116 Å². The first kappa shape index (κ1) is 13.2. The maximum Gasteiger partial charge on any atom is 0.259 e. The minimum atomic E-state index is -0.640. The molecule has 96 valence electrons. The van der Waals surface area contributed by atoms with Crippen molar-refractivity contribution in [2.45, 2.75) is 0 Å². The van der Waals surface area contributed by atoms with Gasteiger partial charge in [-0.3, -0.25) is 9.48 Å². The maximum absolute atomic E-state index is 13.6. The Hall–Kier alpha value is -2.20. The number of aryl methyl sites for hydroxylation is 1. The number of carbonyl (C=O) groups is 1. The molecule has 0 aliphatic carbocycles. The molecule has 0 radical (unpaired) electrons. The van der Waals surface area contributed by atoms with Gasteiger partial charge in [-0.2, -0.15) is 10.4 Å². The van der Waals surface area contributed by atoms with Gasteiger partial charge >= 0.3 is 0 Å². The van der Waals surface area contributed by atoms with Crippen molar-refractivity contribution in [3.05, 3.63) is 45.8 Å². The highest BCUT2D eigenvalue weighted by atomic mass is 79.9. The Morgan fingerprint density at radius 2 is 2.32 bits per heavy atom. The largest absolute Gasteiger partial charge is 0.306 e. The van der Waals surface area contributed by atoms with E-state index in [2.05, 4.69) is 26.3 Å². The average Bonchev–Trinajstić information content (AvgIpc) is 2.73. The second-order valence-electron chi connectivity index (χ2n) is 3.72. The molecule has 1 amide bonds. The third kappa shape index (κ3) is 2.63. The lowest BCUT2D eigenvalue weighted by molar-refractivity contribution is 0.102. The van der Waals surface area contributed by atoms with Crippen LogP contribution in [0.5, 0.6) is 0 Å². The molecule has 1 aromatic heterocycles. The molecule has 2 aromatic rings. The second-order valence-corrected chi connectivity index (χ2v) is 4.64. The number of carbonyl (C=O) groups excluding carboxylic acids is 1. The zero-order valence-corrected chi connectivity index (χ0v) is 11.4. The third-order valence-electron chi connectivity index (χ3n) is 2.46. The molecule has 0 unspecified atom stereocenters. The smallest absolute Gasteiger partial charge is 0.259 e. The van der Waals surface area contributed by atoms with Gasteiger partial charge in [0.15, 0.2) is 0 Å². The van der Waals surface area contributed by atoms with E-state index in [-0.39, 0.29) is 16.9 Å². The quantitative estimate of drug-likeness (QED) is 0.923. The number of anilines is 1. The van der Waals surface area contributed by atoms with E-state index in [1.165, 1.54) is 29.1 Å². The van der Waals surface area contributed by atoms with Crippen LogP contribution in [0.25, 0.3) is 0 Å². The monoisotopic (exact) mass is 322 g/mol. The van der Waals surface area contributed by atoms with E-state index in [4.69, 9.17) is 5.26 Å². The first-order chi connectivity index (χ1) is 9.02. The molecule has 0 atom stereocenters. The highest BCUT2D eigenvalue weighted by Gasteiger charge is 2.16. The number of amides is 1. The zero-order chi connectivity index (χ0) is 14.0. The first-order valence-electron chi connectivity index (χ1n) is 5.21. The van der Waals surface area contributed by atoms with Crippen molar-refractivity contribution in [2.24, 2.45) is 7.05 Å². The molecular weight excluding hydrogens is 315 g/mol. The van der Waals surface area contributed by atoms with E-state index >= 15 is 0 Å². The van der Waals surface area contributed by atoms with Gasteiger partial charge in [0.2, 0.25) is 0 Å². The summed E-state index contributed by atoms with van der Waals surface area (Å²) in [6.45, 7) is 0. The van der Waals surface area contributed by atoms with E-state index < -0.39 is 11.7 Å². The molecule has 1 aromatic carbocycles. The van der Waals surface area contributed by atoms with Crippen molar-refractivity contribution in [1.29, 1.82) is 5.26 Å². The maximum atomic E-state index is 13.6. The van der Waals surface area contributed by atoms with E-state index in [9.17, 15) is 9.18 Å². The van der Waals surface area contributed by atoms with Gasteiger partial charge in [0, 0.05) is 11.5 Å². The van der Waals surface area contributed by atoms with Crippen LogP contribution in [0.2, 0.25) is 0 Å². The van der Waals surface area contributed by atoms with Gasteiger partial charge in [0.1, 0.15) is 23.3 Å². The Kier molecular flexibility index (Phi) is 3.62. The summed E-state index contributed by atoms with van der Waals surface area (Å²) in [5.74, 6) is -1.05. The topological polar surface area (TPSA) is 70.7 Å². The van der Waals surface area contributed by atoms with Crippen molar-refractivity contribution >= 4 is 27.7 Å². The van der Waals surface area contributed by atoms with Crippen LogP contribution in [-0.4, -0.2) is 15.7 Å². The van der Waals surface area contributed by atoms with Gasteiger partial charge in [0.25, 0.3) is 5.91 Å². The number of aromatic nitrogens is 2. The summed E-state index contributed by atoms with van der Waals surface area (Å²) in [5.41, 5.74) is 0.103. The number of hydrogen-bond acceptors (Lipinski definition) is 3. The van der Waals surface area contributed by atoms with Crippen LogP contribution in [0.4, 0.5) is 10.2 Å². The summed E-state index contributed by atoms with van der Waals surface area (Å²) in [6, 6.07) is 5.95. The molecule has 0 aliphatic rings. The molecule has 0 saturated carbocycles. The van der Waals surface area contributed by atoms with Gasteiger partial charge < -0.3 is 5.32 Å². The fourth-order valence-electron chi connectivity index (χ4n) is 1.51. The molecule has 7 heteroatoms. The third-order valence-corrected chi connectivity index (χ3v) is 2.96. The molecule has 0 fully saturated rings. The Morgan fingerprint density at radius 1 is 1.58 bits per heavy atom. The van der Waals surface area contributed by atoms with Gasteiger partial charge in [-0.05, 0) is 18.2 Å². The first-order valence-corrected chi connectivity index (χ1v) is 6.00. The minimum Gasteiger partial charge on any atom is -0.306 e. The lowest BCUT2D eigenvalue weighted by Crippen LogP contribution is -2.16. The fourth-order valence-corrected chi connectivity index (χ4v) is 1.88. The van der Waals surface area contributed by atoms with Crippen molar-refractivity contribution < 1.29 is 9.18 Å². The number of hydrogen-bond donors (Lipinski definition) is 1. The number of rotatable bonds is 2. The summed E-state index contributed by atoms with van der Waals surface area (Å²) < 4.78 is 15.5. The predicted octanol–water partition coefficient (Wildman–Crippen LogP) is 2.45. The highest BCUT2D eigenvalue weighted by Crippen LogP contribution is 2.18. The van der Waals surface area contributed by atoms with Crippen molar-refractivity contribution in [1.82, 2.24) is 9.78 Å². The van der Waals surface area contributed by atoms with E-state index in [0.717, 1.165) is 0 Å². The van der Waals surface area contributed by atoms with E-state index in [0.29, 0.717) is 4.47 Å². The van der Waals surface area contributed by atoms with Crippen LogP contribution < -0.4 is 5.32 Å². The molecule has 19 heavy (non-hydrogen) atoms. The van der Waals surface area contributed by atoms with Crippen LogP contribution in [-0.2, 0) is 7.05 Å². The summed E-state index contributed by atoms with van der Waals surface area (Å²) in [5, 5.41) is 15.2. The van der Waals surface area contributed by atoms with Crippen LogP contribution in [0.3, 0.4) is 0 Å². The average molecular weight is 323 g/mol. The Bertz CT molecular complexity index is 690. The molecule has 0 aliphatic heterocycles. The van der Waals surface area contributed by atoms with Crippen LogP contribution >= 0.6 is 15.9 Å². The minimum absolute atomic E-state index is 0.112. The zero-order valence-electron chi connectivity index (χ0n) is 9.82. The van der Waals surface area contributed by atoms with Gasteiger partial charge in [-0.15, -0.1) is 0 Å². The highest BCUT2D eigenvalue weighted by molar-refractivity contribution is 9.10. The summed E-state index contributed by atoms with van der Waals surface area (Å²) in [4.78, 5) is 12.0. The fraction of sp³-hybridized carbons (Fsp3) is 0.0833. The SMILES string of the molecule is Cn1ncc(C#N)c1NC(=O)c1cc(Br)ccc1F. The molecule has 1 N–H and O–H groups in total. The molecule has 5 nitrogen and oxygen atoms in total. The second kappa shape index (κ2) is 5.20. The Balaban J connectivity index is 2.34. The van der Waals surface area contributed by atoms with Gasteiger partial charge in [0.05, 0.1) is 11.8 Å². The molecular formula is C12H8BrFN4O. The van der Waals surface area contributed by atoms with Crippen molar-refractivity contribution in [2.75, 3.05) is 5.32 Å². The normalized spacial score (nSPS) is 10.0. The number of benzene rings is 1. The number of nitrogens with one attached hydrogen (secondary N) is 1. The van der Waals surface area contributed by atoms with Crippen LogP contribution in [0.1, 0.15) is 15.9 Å². The van der Waals surface area contributed by atoms with E-state index in [1.807, 2.05) is 6.07 Å². The molecule has 2 rings (SSSR count). The van der Waals surface area contributed by atoms with E-state index in [1.54, 1.807) is 7.05 Å². The number of halogens is 2. The van der Waals surface area contributed by atoms with Gasteiger partial charge in [-0.25, -0.2) is 4.39 Å². The van der Waals surface area contributed by atoms with Crippen LogP contribution in [0.15, 0.2) is 28.9 Å². The number of nitriles is 1. The standard InChI is InChI=1S/C12H8BrFN4O/c1-18-11(7(5-15)6-16-18)17-12(19)9-4-8(13)2-3-10(9)14/h2-4,6H,1H3,(H,17,19). The summed E-state index contributed by atoms with van der Waals surface area (Å²) >= 11 is 3.17. The molecule has 0 bridgehead atoms. The lowest BCUT2D eigenvalue weighted by atomic mass is 10.2. The van der Waals surface area contributed by atoms with Gasteiger partial charge in [-0.1, -0.05) is 15.9 Å². The molecule has 1 heterocycles. The number of nitrogens with zero attached hydrogens (tertiary/aromatic N) is 3. The van der Waals surface area contributed by atoms with Crippen molar-refractivity contribution in [3.8, 4) is 6.07 Å². The van der Waals surface area contributed by atoms with Crippen molar-refractivity contribution in [3.63, 3.8) is 0 Å². The lowest BCUT2D eigenvalue weighted by Gasteiger charge is -2.07. The van der Waals surface area contributed by atoms with Crippen LogP contribution in [0, 0.1) is 17.1 Å².